The van der Waals surface area contributed by atoms with Crippen LogP contribution in [0, 0.1) is 11.6 Å². The highest BCUT2D eigenvalue weighted by molar-refractivity contribution is 5.76. The predicted octanol–water partition coefficient (Wildman–Crippen LogP) is 2.79. The fourth-order valence-corrected chi connectivity index (χ4v) is 1.49. The Hall–Kier alpha value is -1.71. The second-order valence-electron chi connectivity index (χ2n) is 3.28. The van der Waals surface area contributed by atoms with Crippen molar-refractivity contribution in [3.8, 4) is 0 Å². The molecule has 16 heavy (non-hydrogen) atoms. The third-order valence-electron chi connectivity index (χ3n) is 2.22. The standard InChI is InChI=1S/C12H13F2NO/c1-3-5-15(4-2)12-10(13)6-9(8-16)7-11(12)14/h3,6-8H,1,4-5H2,2H3. The molecule has 1 aromatic rings. The molecule has 86 valence electrons. The van der Waals surface area contributed by atoms with Crippen molar-refractivity contribution in [1.29, 1.82) is 0 Å². The third-order valence-corrected chi connectivity index (χ3v) is 2.22. The summed E-state index contributed by atoms with van der Waals surface area (Å²) in [5, 5.41) is 0. The summed E-state index contributed by atoms with van der Waals surface area (Å²) in [6, 6.07) is 2.05. The molecule has 0 radical (unpaired) electrons. The molecule has 1 aromatic carbocycles. The summed E-state index contributed by atoms with van der Waals surface area (Å²) in [4.78, 5) is 11.9. The summed E-state index contributed by atoms with van der Waals surface area (Å²) < 4.78 is 27.2. The summed E-state index contributed by atoms with van der Waals surface area (Å²) in [5.74, 6) is -1.46. The molecule has 0 aliphatic heterocycles. The molecule has 0 aromatic heterocycles. The maximum Gasteiger partial charge on any atom is 0.150 e. The van der Waals surface area contributed by atoms with Crippen LogP contribution in [0.5, 0.6) is 0 Å². The highest BCUT2D eigenvalue weighted by Crippen LogP contribution is 2.24. The molecule has 0 N–H and O–H groups in total. The molecule has 0 heterocycles. The van der Waals surface area contributed by atoms with E-state index >= 15 is 0 Å². The Bertz CT molecular complexity index is 381. The van der Waals surface area contributed by atoms with Gasteiger partial charge < -0.3 is 4.90 Å². The van der Waals surface area contributed by atoms with Crippen LogP contribution in [0.2, 0.25) is 0 Å². The van der Waals surface area contributed by atoms with Crippen molar-refractivity contribution in [2.24, 2.45) is 0 Å². The highest BCUT2D eigenvalue weighted by Gasteiger charge is 2.15. The van der Waals surface area contributed by atoms with Gasteiger partial charge in [0.25, 0.3) is 0 Å². The Morgan fingerprint density at radius 1 is 1.38 bits per heavy atom. The van der Waals surface area contributed by atoms with Crippen molar-refractivity contribution in [3.05, 3.63) is 42.0 Å². The molecule has 0 fully saturated rings. The first-order chi connectivity index (χ1) is 7.63. The molecule has 4 heteroatoms. The lowest BCUT2D eigenvalue weighted by Crippen LogP contribution is -2.25. The van der Waals surface area contributed by atoms with Gasteiger partial charge >= 0.3 is 0 Å². The Balaban J connectivity index is 3.21. The van der Waals surface area contributed by atoms with Crippen LogP contribution in [0.1, 0.15) is 17.3 Å². The SMILES string of the molecule is C=CCN(CC)c1c(F)cc(C=O)cc1F. The van der Waals surface area contributed by atoms with Crippen LogP contribution in [0.25, 0.3) is 0 Å². The Morgan fingerprint density at radius 3 is 2.31 bits per heavy atom. The number of hydrogen-bond acceptors (Lipinski definition) is 2. The van der Waals surface area contributed by atoms with Crippen LogP contribution >= 0.6 is 0 Å². The number of anilines is 1. The number of likely N-dealkylation sites (N-methyl/N-ethyl adjacent to an activating group) is 1. The van der Waals surface area contributed by atoms with Gasteiger partial charge in [0.05, 0.1) is 0 Å². The van der Waals surface area contributed by atoms with Gasteiger partial charge in [-0.2, -0.15) is 0 Å². The lowest BCUT2D eigenvalue weighted by molar-refractivity contribution is 0.112. The van der Waals surface area contributed by atoms with Crippen LogP contribution < -0.4 is 4.90 Å². The molecule has 2 nitrogen and oxygen atoms in total. The van der Waals surface area contributed by atoms with Crippen molar-refractivity contribution in [3.63, 3.8) is 0 Å². The minimum absolute atomic E-state index is 0.00611. The Kier molecular flexibility index (Phi) is 4.17. The molecular formula is C12H13F2NO. The van der Waals surface area contributed by atoms with Crippen molar-refractivity contribution < 1.29 is 13.6 Å². The fourth-order valence-electron chi connectivity index (χ4n) is 1.49. The van der Waals surface area contributed by atoms with Crippen molar-refractivity contribution in [1.82, 2.24) is 0 Å². The van der Waals surface area contributed by atoms with Gasteiger partial charge in [-0.05, 0) is 19.1 Å². The maximum atomic E-state index is 13.6. The molecule has 0 aliphatic carbocycles. The lowest BCUT2D eigenvalue weighted by atomic mass is 10.2. The molecule has 1 rings (SSSR count). The minimum Gasteiger partial charge on any atom is -0.363 e. The van der Waals surface area contributed by atoms with Crippen molar-refractivity contribution >= 4 is 12.0 Å². The average molecular weight is 225 g/mol. The van der Waals surface area contributed by atoms with Crippen LogP contribution in [-0.4, -0.2) is 19.4 Å². The van der Waals surface area contributed by atoms with Crippen LogP contribution in [0.4, 0.5) is 14.5 Å². The van der Waals surface area contributed by atoms with E-state index in [1.54, 1.807) is 13.0 Å². The Labute approximate surface area is 93.2 Å². The smallest absolute Gasteiger partial charge is 0.150 e. The van der Waals surface area contributed by atoms with E-state index in [0.717, 1.165) is 12.1 Å². The van der Waals surface area contributed by atoms with Gasteiger partial charge in [0, 0.05) is 18.7 Å². The van der Waals surface area contributed by atoms with E-state index in [1.807, 2.05) is 0 Å². The second-order valence-corrected chi connectivity index (χ2v) is 3.28. The largest absolute Gasteiger partial charge is 0.363 e. The maximum absolute atomic E-state index is 13.6. The van der Waals surface area contributed by atoms with E-state index in [2.05, 4.69) is 6.58 Å². The summed E-state index contributed by atoms with van der Waals surface area (Å²) in [6.45, 7) is 6.12. The third kappa shape index (κ3) is 2.45. The number of carbonyl (C=O) groups is 1. The number of hydrogen-bond donors (Lipinski definition) is 0. The first-order valence-electron chi connectivity index (χ1n) is 4.94. The molecule has 0 amide bonds. The van der Waals surface area contributed by atoms with E-state index < -0.39 is 11.6 Å². The van der Waals surface area contributed by atoms with Gasteiger partial charge in [-0.1, -0.05) is 6.08 Å². The molecule has 0 atom stereocenters. The van der Waals surface area contributed by atoms with Gasteiger partial charge in [0.15, 0.2) is 0 Å². The number of benzene rings is 1. The number of rotatable bonds is 5. The van der Waals surface area contributed by atoms with E-state index in [4.69, 9.17) is 0 Å². The quantitative estimate of drug-likeness (QED) is 0.567. The normalized spacial score (nSPS) is 9.94. The van der Waals surface area contributed by atoms with Gasteiger partial charge in [-0.3, -0.25) is 4.79 Å². The molecular weight excluding hydrogens is 212 g/mol. The van der Waals surface area contributed by atoms with Crippen LogP contribution in [0.15, 0.2) is 24.8 Å². The fraction of sp³-hybridized carbons (Fsp3) is 0.250. The molecule has 0 spiro atoms. The van der Waals surface area contributed by atoms with E-state index in [-0.39, 0.29) is 11.3 Å². The summed E-state index contributed by atoms with van der Waals surface area (Å²) in [5.41, 5.74) is -0.124. The van der Waals surface area contributed by atoms with Crippen LogP contribution in [0.3, 0.4) is 0 Å². The zero-order valence-electron chi connectivity index (χ0n) is 9.04. The molecule has 0 saturated heterocycles. The topological polar surface area (TPSA) is 20.3 Å². The summed E-state index contributed by atoms with van der Waals surface area (Å²) in [6.07, 6.45) is 1.98. The zero-order valence-corrected chi connectivity index (χ0v) is 9.04. The van der Waals surface area contributed by atoms with E-state index in [0.29, 0.717) is 19.4 Å². The number of nitrogens with zero attached hydrogens (tertiary/aromatic N) is 1. The lowest BCUT2D eigenvalue weighted by Gasteiger charge is -2.22. The van der Waals surface area contributed by atoms with Gasteiger partial charge in [0.2, 0.25) is 0 Å². The van der Waals surface area contributed by atoms with Gasteiger partial charge in [-0.25, -0.2) is 8.78 Å². The molecule has 0 unspecified atom stereocenters. The average Bonchev–Trinajstić information content (AvgIpc) is 2.26. The summed E-state index contributed by atoms with van der Waals surface area (Å²) >= 11 is 0. The van der Waals surface area contributed by atoms with E-state index in [1.165, 1.54) is 4.90 Å². The van der Waals surface area contributed by atoms with Gasteiger partial charge in [-0.15, -0.1) is 6.58 Å². The number of aldehydes is 1. The van der Waals surface area contributed by atoms with Crippen molar-refractivity contribution in [2.45, 2.75) is 6.92 Å². The minimum atomic E-state index is -0.731. The zero-order chi connectivity index (χ0) is 12.1. The number of carbonyl (C=O) groups excluding carboxylic acids is 1. The van der Waals surface area contributed by atoms with Crippen molar-refractivity contribution in [2.75, 3.05) is 18.0 Å². The Morgan fingerprint density at radius 2 is 1.94 bits per heavy atom. The molecule has 0 bridgehead atoms. The summed E-state index contributed by atoms with van der Waals surface area (Å²) in [7, 11) is 0. The van der Waals surface area contributed by atoms with E-state index in [9.17, 15) is 13.6 Å². The predicted molar refractivity (Wildman–Crippen MR) is 59.8 cm³/mol. The molecule has 0 aliphatic rings. The first-order valence-corrected chi connectivity index (χ1v) is 4.94. The van der Waals surface area contributed by atoms with Crippen LogP contribution in [-0.2, 0) is 0 Å². The first kappa shape index (κ1) is 12.4. The second kappa shape index (κ2) is 5.39. The number of halogens is 2. The van der Waals surface area contributed by atoms with Gasteiger partial charge in [0.1, 0.15) is 23.6 Å². The monoisotopic (exact) mass is 225 g/mol. The highest BCUT2D eigenvalue weighted by atomic mass is 19.1. The molecule has 0 saturated carbocycles.